The molecule has 4 N–H and O–H groups in total. The summed E-state index contributed by atoms with van der Waals surface area (Å²) in [5, 5.41) is 11.9. The zero-order valence-corrected chi connectivity index (χ0v) is 10.0. The number of amides is 1. The summed E-state index contributed by atoms with van der Waals surface area (Å²) in [5.74, 6) is -0.0747. The van der Waals surface area contributed by atoms with E-state index < -0.39 is 5.54 Å². The summed E-state index contributed by atoms with van der Waals surface area (Å²) in [7, 11) is 0. The minimum atomic E-state index is -0.511. The summed E-state index contributed by atoms with van der Waals surface area (Å²) < 4.78 is 0. The highest BCUT2D eigenvalue weighted by molar-refractivity contribution is 5.77. The molecule has 0 saturated carbocycles. The molecule has 0 aliphatic carbocycles. The molecule has 0 rings (SSSR count). The molecule has 4 heteroatoms. The third kappa shape index (κ3) is 5.74. The molecule has 0 radical (unpaired) electrons. The van der Waals surface area contributed by atoms with Crippen molar-refractivity contribution in [3.05, 3.63) is 0 Å². The molecule has 0 fully saturated rings. The Kier molecular flexibility index (Phi) is 6.52. The van der Waals surface area contributed by atoms with Crippen LogP contribution in [0.5, 0.6) is 0 Å². The number of nitrogens with one attached hydrogen (secondary N) is 1. The van der Waals surface area contributed by atoms with Crippen LogP contribution in [0.3, 0.4) is 0 Å². The first-order valence-electron chi connectivity index (χ1n) is 5.65. The van der Waals surface area contributed by atoms with Crippen molar-refractivity contribution in [3.63, 3.8) is 0 Å². The topological polar surface area (TPSA) is 75.4 Å². The number of hydrogen-bond acceptors (Lipinski definition) is 3. The molecule has 1 amide bonds. The maximum absolute atomic E-state index is 11.6. The van der Waals surface area contributed by atoms with Crippen molar-refractivity contribution in [1.82, 2.24) is 5.32 Å². The standard InChI is InChI=1S/C11H24N2O2/c1-4-6-9(12)7-10(15)13-11(3,5-2)8-14/h9,14H,4-8,12H2,1-3H3,(H,13,15). The fraction of sp³-hybridized carbons (Fsp3) is 0.909. The van der Waals surface area contributed by atoms with Crippen LogP contribution in [-0.2, 0) is 4.79 Å². The highest BCUT2D eigenvalue weighted by Gasteiger charge is 2.23. The quantitative estimate of drug-likeness (QED) is 0.588. The van der Waals surface area contributed by atoms with E-state index in [2.05, 4.69) is 5.32 Å². The molecule has 0 saturated heterocycles. The van der Waals surface area contributed by atoms with Gasteiger partial charge in [-0.2, -0.15) is 0 Å². The van der Waals surface area contributed by atoms with Gasteiger partial charge in [0.15, 0.2) is 0 Å². The van der Waals surface area contributed by atoms with Crippen LogP contribution in [0.4, 0.5) is 0 Å². The van der Waals surface area contributed by atoms with Gasteiger partial charge in [-0.3, -0.25) is 4.79 Å². The van der Waals surface area contributed by atoms with Gasteiger partial charge < -0.3 is 16.2 Å². The summed E-state index contributed by atoms with van der Waals surface area (Å²) >= 11 is 0. The third-order valence-corrected chi connectivity index (χ3v) is 2.68. The van der Waals surface area contributed by atoms with Crippen molar-refractivity contribution in [2.45, 2.75) is 58.0 Å². The number of carbonyl (C=O) groups is 1. The summed E-state index contributed by atoms with van der Waals surface area (Å²) in [6.07, 6.45) is 2.89. The molecule has 0 aliphatic heterocycles. The van der Waals surface area contributed by atoms with Crippen molar-refractivity contribution in [2.24, 2.45) is 5.73 Å². The van der Waals surface area contributed by atoms with Crippen LogP contribution in [0.1, 0.15) is 46.5 Å². The number of nitrogens with two attached hydrogens (primary N) is 1. The summed E-state index contributed by atoms with van der Waals surface area (Å²) in [5.41, 5.74) is 5.25. The Hall–Kier alpha value is -0.610. The number of aliphatic hydroxyl groups excluding tert-OH is 1. The van der Waals surface area contributed by atoms with E-state index >= 15 is 0 Å². The van der Waals surface area contributed by atoms with Crippen molar-refractivity contribution >= 4 is 5.91 Å². The molecular formula is C11H24N2O2. The molecule has 90 valence electrons. The SMILES string of the molecule is CCCC(N)CC(=O)NC(C)(CC)CO. The smallest absolute Gasteiger partial charge is 0.222 e. The van der Waals surface area contributed by atoms with Crippen molar-refractivity contribution in [3.8, 4) is 0 Å². The summed E-state index contributed by atoms with van der Waals surface area (Å²) in [6, 6.07) is -0.0743. The molecule has 0 bridgehead atoms. The lowest BCUT2D eigenvalue weighted by molar-refractivity contribution is -0.123. The molecular weight excluding hydrogens is 192 g/mol. The number of hydrogen-bond donors (Lipinski definition) is 3. The Bertz CT molecular complexity index is 191. The van der Waals surface area contributed by atoms with Crippen molar-refractivity contribution < 1.29 is 9.90 Å². The molecule has 0 aliphatic rings. The zero-order valence-electron chi connectivity index (χ0n) is 10.0. The molecule has 4 nitrogen and oxygen atoms in total. The fourth-order valence-electron chi connectivity index (χ4n) is 1.34. The van der Waals surface area contributed by atoms with Gasteiger partial charge in [-0.15, -0.1) is 0 Å². The van der Waals surface area contributed by atoms with E-state index in [0.29, 0.717) is 12.8 Å². The predicted molar refractivity (Wildman–Crippen MR) is 61.4 cm³/mol. The monoisotopic (exact) mass is 216 g/mol. The Labute approximate surface area is 92.2 Å². The normalized spacial score (nSPS) is 16.9. The Morgan fingerprint density at radius 1 is 1.53 bits per heavy atom. The van der Waals surface area contributed by atoms with Gasteiger partial charge in [0.05, 0.1) is 12.1 Å². The highest BCUT2D eigenvalue weighted by Crippen LogP contribution is 2.08. The van der Waals surface area contributed by atoms with Crippen molar-refractivity contribution in [2.75, 3.05) is 6.61 Å². The number of carbonyl (C=O) groups excluding carboxylic acids is 1. The summed E-state index contributed by atoms with van der Waals surface area (Å²) in [4.78, 5) is 11.6. The average molecular weight is 216 g/mol. The summed E-state index contributed by atoms with van der Waals surface area (Å²) in [6.45, 7) is 5.76. The average Bonchev–Trinajstić information content (AvgIpc) is 2.17. The lowest BCUT2D eigenvalue weighted by Gasteiger charge is -2.27. The van der Waals surface area contributed by atoms with E-state index in [1.807, 2.05) is 20.8 Å². The van der Waals surface area contributed by atoms with Gasteiger partial charge in [0.25, 0.3) is 0 Å². The van der Waals surface area contributed by atoms with E-state index in [1.54, 1.807) is 0 Å². The van der Waals surface area contributed by atoms with Crippen LogP contribution < -0.4 is 11.1 Å². The van der Waals surface area contributed by atoms with Crippen molar-refractivity contribution in [1.29, 1.82) is 0 Å². The molecule has 0 heterocycles. The van der Waals surface area contributed by atoms with E-state index in [1.165, 1.54) is 0 Å². The lowest BCUT2D eigenvalue weighted by Crippen LogP contribution is -2.49. The van der Waals surface area contributed by atoms with Gasteiger partial charge in [-0.05, 0) is 19.8 Å². The molecule has 0 aromatic heterocycles. The van der Waals surface area contributed by atoms with E-state index in [9.17, 15) is 4.79 Å². The van der Waals surface area contributed by atoms with Gasteiger partial charge in [-0.25, -0.2) is 0 Å². The van der Waals surface area contributed by atoms with E-state index in [-0.39, 0.29) is 18.6 Å². The maximum atomic E-state index is 11.6. The third-order valence-electron chi connectivity index (χ3n) is 2.68. The van der Waals surface area contributed by atoms with Crippen LogP contribution in [0.15, 0.2) is 0 Å². The second kappa shape index (κ2) is 6.80. The first-order valence-corrected chi connectivity index (χ1v) is 5.65. The highest BCUT2D eigenvalue weighted by atomic mass is 16.3. The van der Waals surface area contributed by atoms with Crippen LogP contribution >= 0.6 is 0 Å². The molecule has 2 unspecified atom stereocenters. The first-order chi connectivity index (χ1) is 6.97. The minimum absolute atomic E-state index is 0.0434. The van der Waals surface area contributed by atoms with Crippen LogP contribution in [0.2, 0.25) is 0 Å². The zero-order chi connectivity index (χ0) is 11.9. The molecule has 0 aromatic carbocycles. The predicted octanol–water partition coefficient (Wildman–Crippen LogP) is 0.781. The number of rotatable bonds is 7. The molecule has 0 aromatic rings. The largest absolute Gasteiger partial charge is 0.394 e. The second-order valence-electron chi connectivity index (χ2n) is 4.37. The Balaban J connectivity index is 4.02. The fourth-order valence-corrected chi connectivity index (χ4v) is 1.34. The van der Waals surface area contributed by atoms with Gasteiger partial charge in [-0.1, -0.05) is 20.3 Å². The van der Waals surface area contributed by atoms with Gasteiger partial charge in [0.2, 0.25) is 5.91 Å². The molecule has 2 atom stereocenters. The lowest BCUT2D eigenvalue weighted by atomic mass is 9.99. The molecule has 0 spiro atoms. The van der Waals surface area contributed by atoms with Gasteiger partial charge in [0, 0.05) is 12.5 Å². The van der Waals surface area contributed by atoms with Crippen LogP contribution in [0, 0.1) is 0 Å². The minimum Gasteiger partial charge on any atom is -0.394 e. The maximum Gasteiger partial charge on any atom is 0.222 e. The molecule has 15 heavy (non-hydrogen) atoms. The first kappa shape index (κ1) is 14.4. The van der Waals surface area contributed by atoms with Gasteiger partial charge in [0.1, 0.15) is 0 Å². The second-order valence-corrected chi connectivity index (χ2v) is 4.37. The Morgan fingerprint density at radius 2 is 2.13 bits per heavy atom. The van der Waals surface area contributed by atoms with Gasteiger partial charge >= 0.3 is 0 Å². The van der Waals surface area contributed by atoms with E-state index in [0.717, 1.165) is 12.8 Å². The van der Waals surface area contributed by atoms with Crippen LogP contribution in [0.25, 0.3) is 0 Å². The van der Waals surface area contributed by atoms with Crippen LogP contribution in [-0.4, -0.2) is 29.2 Å². The van der Waals surface area contributed by atoms with E-state index in [4.69, 9.17) is 10.8 Å². The Morgan fingerprint density at radius 3 is 2.53 bits per heavy atom. The number of aliphatic hydroxyl groups is 1.